The number of rotatable bonds is 3. The minimum Gasteiger partial charge on any atom is -0.438 e. The molecule has 0 spiro atoms. The lowest BCUT2D eigenvalue weighted by atomic mass is 9.80. The molecule has 0 radical (unpaired) electrons. The highest BCUT2D eigenvalue weighted by atomic mass is 16.3. The molecule has 1 aliphatic carbocycles. The molecule has 3 nitrogen and oxygen atoms in total. The van der Waals surface area contributed by atoms with Crippen LogP contribution in [0.4, 0.5) is 0 Å². The average Bonchev–Trinajstić information content (AvgIpc) is 3.20. The lowest BCUT2D eigenvalue weighted by molar-refractivity contribution is 0.650. The molecule has 0 saturated heterocycles. The summed E-state index contributed by atoms with van der Waals surface area (Å²) >= 11 is 0. The van der Waals surface area contributed by atoms with Gasteiger partial charge in [-0.3, -0.25) is 0 Å². The van der Waals surface area contributed by atoms with E-state index in [9.17, 15) is 0 Å². The summed E-state index contributed by atoms with van der Waals surface area (Å²) in [6.45, 7) is 12.6. The summed E-state index contributed by atoms with van der Waals surface area (Å²) in [4.78, 5) is 9.40. The van der Waals surface area contributed by atoms with Gasteiger partial charge in [0.1, 0.15) is 11.4 Å². The summed E-state index contributed by atoms with van der Waals surface area (Å²) in [5.41, 5.74) is 8.39. The summed E-state index contributed by atoms with van der Waals surface area (Å²) in [6.07, 6.45) is 6.27. The zero-order chi connectivity index (χ0) is 21.0. The molecular formula is C27H24N2O. The fraction of sp³-hybridized carbons (Fsp3) is 0.185. The van der Waals surface area contributed by atoms with Crippen molar-refractivity contribution in [1.82, 2.24) is 9.97 Å². The molecule has 2 aromatic heterocycles. The quantitative estimate of drug-likeness (QED) is 0.371. The molecular weight excluding hydrogens is 368 g/mol. The molecule has 2 heterocycles. The Morgan fingerprint density at radius 3 is 2.63 bits per heavy atom. The van der Waals surface area contributed by atoms with Gasteiger partial charge in [0, 0.05) is 16.4 Å². The molecule has 3 heteroatoms. The van der Waals surface area contributed by atoms with Gasteiger partial charge in [-0.05, 0) is 48.3 Å². The topological polar surface area (TPSA) is 38.9 Å². The van der Waals surface area contributed by atoms with E-state index in [1.807, 2.05) is 31.2 Å². The maximum Gasteiger partial charge on any atom is 0.231 e. The van der Waals surface area contributed by atoms with Crippen molar-refractivity contribution in [3.63, 3.8) is 0 Å². The number of fused-ring (bicyclic) bond motifs is 4. The van der Waals surface area contributed by atoms with E-state index >= 15 is 0 Å². The van der Waals surface area contributed by atoms with E-state index in [1.165, 1.54) is 22.3 Å². The largest absolute Gasteiger partial charge is 0.438 e. The number of allylic oxidation sites excluding steroid dienone is 5. The molecule has 0 saturated carbocycles. The van der Waals surface area contributed by atoms with Gasteiger partial charge in [0.15, 0.2) is 0 Å². The minimum atomic E-state index is -0.110. The second-order valence-electron chi connectivity index (χ2n) is 8.31. The van der Waals surface area contributed by atoms with Crippen molar-refractivity contribution in [3.8, 4) is 11.3 Å². The molecule has 2 aromatic carbocycles. The van der Waals surface area contributed by atoms with Crippen LogP contribution in [0.3, 0.4) is 0 Å². The van der Waals surface area contributed by atoms with E-state index in [4.69, 9.17) is 9.40 Å². The minimum absolute atomic E-state index is 0.110. The van der Waals surface area contributed by atoms with Crippen molar-refractivity contribution in [2.24, 2.45) is 0 Å². The molecule has 0 bridgehead atoms. The number of aryl methyl sites for hydroxylation is 1. The number of nitrogens with zero attached hydrogens (tertiary/aromatic N) is 2. The molecule has 5 rings (SSSR count). The van der Waals surface area contributed by atoms with Crippen molar-refractivity contribution in [2.75, 3.05) is 0 Å². The molecule has 148 valence electrons. The molecule has 0 unspecified atom stereocenters. The number of hydrogen-bond acceptors (Lipinski definition) is 3. The summed E-state index contributed by atoms with van der Waals surface area (Å²) in [6, 6.07) is 14.7. The third-order valence-corrected chi connectivity index (χ3v) is 6.11. The maximum atomic E-state index is 6.03. The van der Waals surface area contributed by atoms with E-state index in [2.05, 4.69) is 68.8 Å². The second-order valence-corrected chi connectivity index (χ2v) is 8.31. The van der Waals surface area contributed by atoms with E-state index in [-0.39, 0.29) is 5.41 Å². The number of aromatic nitrogens is 2. The van der Waals surface area contributed by atoms with Gasteiger partial charge in [-0.1, -0.05) is 69.0 Å². The lowest BCUT2D eigenvalue weighted by Gasteiger charge is -2.23. The van der Waals surface area contributed by atoms with Gasteiger partial charge >= 0.3 is 0 Å². The van der Waals surface area contributed by atoms with Gasteiger partial charge in [0.2, 0.25) is 5.71 Å². The van der Waals surface area contributed by atoms with Crippen molar-refractivity contribution < 1.29 is 4.42 Å². The molecule has 30 heavy (non-hydrogen) atoms. The summed E-state index contributed by atoms with van der Waals surface area (Å²) < 4.78 is 6.03. The van der Waals surface area contributed by atoms with Crippen molar-refractivity contribution in [3.05, 3.63) is 89.8 Å². The predicted octanol–water partition coefficient (Wildman–Crippen LogP) is 7.16. The highest BCUT2D eigenvalue weighted by Crippen LogP contribution is 2.48. The second kappa shape index (κ2) is 6.53. The van der Waals surface area contributed by atoms with Crippen LogP contribution < -0.4 is 0 Å². The van der Waals surface area contributed by atoms with Crippen LogP contribution in [0.2, 0.25) is 0 Å². The Morgan fingerprint density at radius 1 is 1.07 bits per heavy atom. The molecule has 0 N–H and O–H groups in total. The standard InChI is InChI=1S/C27H24N2O/c1-6-10-21-18(7-2)19-14-13-17(15-22(19)27(21,4)5)25-24-20-11-8-9-12-23(20)30-26(24)29-16(3)28-25/h6-15H,2H2,1,3-5H3/b10-6-. The molecule has 0 fully saturated rings. The fourth-order valence-corrected chi connectivity index (χ4v) is 4.69. The van der Waals surface area contributed by atoms with Gasteiger partial charge in [-0.15, -0.1) is 0 Å². The molecule has 4 aromatic rings. The van der Waals surface area contributed by atoms with Crippen LogP contribution in [0.15, 0.2) is 77.3 Å². The first-order valence-corrected chi connectivity index (χ1v) is 10.3. The Hall–Kier alpha value is -3.46. The van der Waals surface area contributed by atoms with E-state index in [0.717, 1.165) is 27.6 Å². The Labute approximate surface area is 176 Å². The predicted molar refractivity (Wildman–Crippen MR) is 124 cm³/mol. The van der Waals surface area contributed by atoms with Crippen LogP contribution in [-0.2, 0) is 5.41 Å². The van der Waals surface area contributed by atoms with Crippen LogP contribution in [0.25, 0.3) is 38.9 Å². The highest BCUT2D eigenvalue weighted by Gasteiger charge is 2.35. The third kappa shape index (κ3) is 2.51. The first-order chi connectivity index (χ1) is 14.5. The van der Waals surface area contributed by atoms with Crippen LogP contribution >= 0.6 is 0 Å². The smallest absolute Gasteiger partial charge is 0.231 e. The number of hydrogen-bond donors (Lipinski definition) is 0. The molecule has 0 aliphatic heterocycles. The monoisotopic (exact) mass is 392 g/mol. The van der Waals surface area contributed by atoms with E-state index < -0.39 is 0 Å². The zero-order valence-corrected chi connectivity index (χ0v) is 17.8. The Bertz CT molecular complexity index is 1400. The first kappa shape index (κ1) is 18.6. The number of furan rings is 1. The van der Waals surface area contributed by atoms with Crippen LogP contribution in [0.5, 0.6) is 0 Å². The van der Waals surface area contributed by atoms with Gasteiger partial charge in [0.05, 0.1) is 11.1 Å². The van der Waals surface area contributed by atoms with Crippen molar-refractivity contribution >= 4 is 27.6 Å². The Kier molecular flexibility index (Phi) is 4.04. The maximum absolute atomic E-state index is 6.03. The molecule has 0 amide bonds. The Balaban J connectivity index is 1.79. The van der Waals surface area contributed by atoms with Crippen LogP contribution in [-0.4, -0.2) is 9.97 Å². The van der Waals surface area contributed by atoms with Crippen LogP contribution in [0, 0.1) is 6.92 Å². The number of benzene rings is 2. The van der Waals surface area contributed by atoms with E-state index in [0.29, 0.717) is 11.5 Å². The fourth-order valence-electron chi connectivity index (χ4n) is 4.69. The highest BCUT2D eigenvalue weighted by molar-refractivity contribution is 6.10. The van der Waals surface area contributed by atoms with Crippen molar-refractivity contribution in [1.29, 1.82) is 0 Å². The summed E-state index contributed by atoms with van der Waals surface area (Å²) in [7, 11) is 0. The lowest BCUT2D eigenvalue weighted by Crippen LogP contribution is -2.16. The van der Waals surface area contributed by atoms with Gasteiger partial charge < -0.3 is 4.42 Å². The molecule has 1 aliphatic rings. The third-order valence-electron chi connectivity index (χ3n) is 6.11. The van der Waals surface area contributed by atoms with E-state index in [1.54, 1.807) is 0 Å². The van der Waals surface area contributed by atoms with Gasteiger partial charge in [0.25, 0.3) is 0 Å². The van der Waals surface area contributed by atoms with Gasteiger partial charge in [-0.2, -0.15) is 4.98 Å². The summed E-state index contributed by atoms with van der Waals surface area (Å²) in [5.74, 6) is 0.704. The number of para-hydroxylation sites is 1. The zero-order valence-electron chi connectivity index (χ0n) is 17.8. The molecule has 0 atom stereocenters. The normalized spacial score (nSPS) is 15.5. The van der Waals surface area contributed by atoms with Gasteiger partial charge in [-0.25, -0.2) is 4.98 Å². The summed E-state index contributed by atoms with van der Waals surface area (Å²) in [5, 5.41) is 2.01. The van der Waals surface area contributed by atoms with Crippen LogP contribution in [0.1, 0.15) is 37.7 Å². The first-order valence-electron chi connectivity index (χ1n) is 10.3. The van der Waals surface area contributed by atoms with Crippen molar-refractivity contribution in [2.45, 2.75) is 33.1 Å². The SMILES string of the molecule is C=CC1=C(/C=C\C)C(C)(C)c2cc(-c3nc(C)nc4oc5ccccc5c34)ccc21. The Morgan fingerprint density at radius 2 is 1.87 bits per heavy atom. The average molecular weight is 393 g/mol.